The summed E-state index contributed by atoms with van der Waals surface area (Å²) >= 11 is 0. The van der Waals surface area contributed by atoms with Crippen molar-refractivity contribution in [3.8, 4) is 39.6 Å². The SMILES string of the molecule is CCOc1ccc(-c2cccc(Nc3c(C)noc3-c3ccc(-c4ccc(C5CC5)cc4)cc3)n2)cn1.O=C(O)O. The van der Waals surface area contributed by atoms with E-state index >= 15 is 0 Å². The molecule has 2 aromatic carbocycles. The maximum Gasteiger partial charge on any atom is 0.503 e. The molecule has 0 saturated heterocycles. The van der Waals surface area contributed by atoms with Gasteiger partial charge in [-0.3, -0.25) is 0 Å². The van der Waals surface area contributed by atoms with Crippen molar-refractivity contribution >= 4 is 17.7 Å². The van der Waals surface area contributed by atoms with Crippen LogP contribution in [0.1, 0.15) is 36.9 Å². The number of pyridine rings is 2. The highest BCUT2D eigenvalue weighted by Gasteiger charge is 2.23. The number of carbonyl (C=O) groups is 1. The van der Waals surface area contributed by atoms with E-state index in [-0.39, 0.29) is 0 Å². The topological polar surface area (TPSA) is 131 Å². The maximum absolute atomic E-state index is 8.56. The average molecular weight is 551 g/mol. The zero-order valence-corrected chi connectivity index (χ0v) is 22.7. The molecule has 3 heterocycles. The van der Waals surface area contributed by atoms with E-state index in [1.165, 1.54) is 29.5 Å². The Kier molecular flexibility index (Phi) is 8.24. The Balaban J connectivity index is 0.000000794. The van der Waals surface area contributed by atoms with Gasteiger partial charge < -0.3 is 24.8 Å². The van der Waals surface area contributed by atoms with E-state index in [0.29, 0.717) is 24.1 Å². The first-order chi connectivity index (χ1) is 19.9. The van der Waals surface area contributed by atoms with Crippen LogP contribution in [-0.2, 0) is 0 Å². The molecule has 0 atom stereocenters. The summed E-state index contributed by atoms with van der Waals surface area (Å²) in [6.45, 7) is 4.45. The van der Waals surface area contributed by atoms with E-state index < -0.39 is 6.16 Å². The lowest BCUT2D eigenvalue weighted by Crippen LogP contribution is -1.97. The van der Waals surface area contributed by atoms with Gasteiger partial charge in [-0.05, 0) is 67.5 Å². The number of nitrogens with zero attached hydrogens (tertiary/aromatic N) is 3. The predicted octanol–water partition coefficient (Wildman–Crippen LogP) is 8.02. The van der Waals surface area contributed by atoms with E-state index in [1.807, 2.05) is 44.2 Å². The highest BCUT2D eigenvalue weighted by atomic mass is 16.6. The Morgan fingerprint density at radius 3 is 2.17 bits per heavy atom. The minimum absolute atomic E-state index is 0.584. The fourth-order valence-electron chi connectivity index (χ4n) is 4.45. The molecule has 3 N–H and O–H groups in total. The lowest BCUT2D eigenvalue weighted by molar-refractivity contribution is 0.137. The molecule has 6 rings (SSSR count). The first-order valence-electron chi connectivity index (χ1n) is 13.3. The van der Waals surface area contributed by atoms with E-state index in [0.717, 1.165) is 34.1 Å². The van der Waals surface area contributed by atoms with Crippen molar-refractivity contribution < 1.29 is 24.3 Å². The van der Waals surface area contributed by atoms with Gasteiger partial charge in [0, 0.05) is 23.4 Å². The second-order valence-electron chi connectivity index (χ2n) is 9.58. The highest BCUT2D eigenvalue weighted by Crippen LogP contribution is 2.40. The molecule has 3 aromatic heterocycles. The molecular formula is C32H30N4O5. The molecule has 1 fully saturated rings. The summed E-state index contributed by atoms with van der Waals surface area (Å²) in [6.07, 6.45) is 2.58. The van der Waals surface area contributed by atoms with E-state index in [1.54, 1.807) is 6.20 Å². The van der Waals surface area contributed by atoms with Crippen LogP contribution in [0, 0.1) is 6.92 Å². The molecule has 1 saturated carbocycles. The number of hydrogen-bond acceptors (Lipinski definition) is 7. The smallest absolute Gasteiger partial charge is 0.478 e. The van der Waals surface area contributed by atoms with Crippen LogP contribution in [-0.4, -0.2) is 38.1 Å². The van der Waals surface area contributed by atoms with Gasteiger partial charge in [0.1, 0.15) is 17.2 Å². The van der Waals surface area contributed by atoms with Gasteiger partial charge in [-0.15, -0.1) is 0 Å². The normalized spacial score (nSPS) is 12.2. The van der Waals surface area contributed by atoms with Crippen molar-refractivity contribution in [2.45, 2.75) is 32.6 Å². The molecule has 1 aliphatic carbocycles. The summed E-state index contributed by atoms with van der Waals surface area (Å²) in [6, 6.07) is 27.0. The molecule has 0 spiro atoms. The van der Waals surface area contributed by atoms with Gasteiger partial charge in [0.05, 0.1) is 12.3 Å². The average Bonchev–Trinajstić information content (AvgIpc) is 3.77. The largest absolute Gasteiger partial charge is 0.503 e. The number of nitrogens with one attached hydrogen (secondary N) is 1. The van der Waals surface area contributed by atoms with Crippen molar-refractivity contribution in [2.24, 2.45) is 0 Å². The highest BCUT2D eigenvalue weighted by molar-refractivity contribution is 5.79. The second-order valence-corrected chi connectivity index (χ2v) is 9.58. The van der Waals surface area contributed by atoms with E-state index in [9.17, 15) is 0 Å². The number of anilines is 2. The summed E-state index contributed by atoms with van der Waals surface area (Å²) in [5.74, 6) is 2.76. The van der Waals surface area contributed by atoms with Gasteiger partial charge in [-0.1, -0.05) is 59.8 Å². The number of aromatic nitrogens is 3. The first-order valence-corrected chi connectivity index (χ1v) is 13.3. The van der Waals surface area contributed by atoms with Crippen molar-refractivity contribution in [3.05, 3.63) is 96.3 Å². The molecule has 208 valence electrons. The maximum atomic E-state index is 8.56. The molecule has 5 aromatic rings. The molecule has 0 radical (unpaired) electrons. The zero-order valence-electron chi connectivity index (χ0n) is 22.7. The number of aryl methyl sites for hydroxylation is 1. The van der Waals surface area contributed by atoms with Crippen LogP contribution in [0.5, 0.6) is 5.88 Å². The van der Waals surface area contributed by atoms with Crippen LogP contribution < -0.4 is 10.1 Å². The van der Waals surface area contributed by atoms with Crippen molar-refractivity contribution in [1.82, 2.24) is 15.1 Å². The second kappa shape index (κ2) is 12.3. The molecule has 41 heavy (non-hydrogen) atoms. The zero-order chi connectivity index (χ0) is 28.8. The predicted molar refractivity (Wildman–Crippen MR) is 157 cm³/mol. The molecule has 9 nitrogen and oxygen atoms in total. The lowest BCUT2D eigenvalue weighted by Gasteiger charge is -2.09. The summed E-state index contributed by atoms with van der Waals surface area (Å²) < 4.78 is 11.2. The number of rotatable bonds is 8. The minimum Gasteiger partial charge on any atom is -0.478 e. The molecule has 9 heteroatoms. The lowest BCUT2D eigenvalue weighted by atomic mass is 10.0. The summed E-state index contributed by atoms with van der Waals surface area (Å²) in [5, 5.41) is 21.6. The van der Waals surface area contributed by atoms with Gasteiger partial charge in [-0.25, -0.2) is 14.8 Å². The standard InChI is InChI=1S/C31H28N4O2.CH2O3/c1-3-36-29-18-17-26(19-32-29)27-5-4-6-28(33-27)34-30-20(2)35-37-31(30)25-15-13-24(14-16-25)23-11-9-22(10-12-23)21-7-8-21;2-1(3)4/h4-6,9-19,21H,3,7-8H2,1-2H3,(H,33,34);(H2,2,3,4). The first kappa shape index (κ1) is 27.4. The van der Waals surface area contributed by atoms with Crippen LogP contribution in [0.3, 0.4) is 0 Å². The van der Waals surface area contributed by atoms with Crippen molar-refractivity contribution in [2.75, 3.05) is 11.9 Å². The van der Waals surface area contributed by atoms with Gasteiger partial charge in [0.25, 0.3) is 0 Å². The number of ether oxygens (including phenoxy) is 1. The van der Waals surface area contributed by atoms with E-state index in [4.69, 9.17) is 29.3 Å². The van der Waals surface area contributed by atoms with Crippen LogP contribution >= 0.6 is 0 Å². The minimum atomic E-state index is -1.83. The molecule has 0 unspecified atom stereocenters. The molecular weight excluding hydrogens is 520 g/mol. The fourth-order valence-corrected chi connectivity index (χ4v) is 4.45. The third-order valence-electron chi connectivity index (χ3n) is 6.63. The molecule has 0 bridgehead atoms. The van der Waals surface area contributed by atoms with Gasteiger partial charge in [0.2, 0.25) is 5.88 Å². The summed E-state index contributed by atoms with van der Waals surface area (Å²) in [5.41, 5.74) is 8.09. The van der Waals surface area contributed by atoms with Gasteiger partial charge in [-0.2, -0.15) is 0 Å². The Morgan fingerprint density at radius 2 is 1.56 bits per heavy atom. The van der Waals surface area contributed by atoms with Crippen molar-refractivity contribution in [3.63, 3.8) is 0 Å². The van der Waals surface area contributed by atoms with E-state index in [2.05, 4.69) is 64.0 Å². The summed E-state index contributed by atoms with van der Waals surface area (Å²) in [4.78, 5) is 17.7. The van der Waals surface area contributed by atoms with Crippen LogP contribution in [0.4, 0.5) is 16.3 Å². The fraction of sp³-hybridized carbons (Fsp3) is 0.188. The number of hydrogen-bond donors (Lipinski definition) is 3. The molecule has 1 aliphatic rings. The molecule has 0 amide bonds. The van der Waals surface area contributed by atoms with Gasteiger partial charge in [0.15, 0.2) is 5.76 Å². The Hall–Kier alpha value is -5.18. The monoisotopic (exact) mass is 550 g/mol. The van der Waals surface area contributed by atoms with Gasteiger partial charge >= 0.3 is 6.16 Å². The quantitative estimate of drug-likeness (QED) is 0.176. The van der Waals surface area contributed by atoms with Crippen LogP contribution in [0.25, 0.3) is 33.7 Å². The number of benzene rings is 2. The summed E-state index contributed by atoms with van der Waals surface area (Å²) in [7, 11) is 0. The van der Waals surface area contributed by atoms with Crippen LogP contribution in [0.2, 0.25) is 0 Å². The number of carboxylic acid groups (broad SMARTS) is 2. The molecule has 0 aliphatic heterocycles. The third kappa shape index (κ3) is 6.88. The Morgan fingerprint density at radius 1 is 0.927 bits per heavy atom. The Bertz CT molecular complexity index is 1610. The Labute approximate surface area is 237 Å². The van der Waals surface area contributed by atoms with Crippen molar-refractivity contribution in [1.29, 1.82) is 0 Å². The third-order valence-corrected chi connectivity index (χ3v) is 6.63. The van der Waals surface area contributed by atoms with Crippen LogP contribution in [0.15, 0.2) is 89.6 Å².